The molecule has 0 spiro atoms. The smallest absolute Gasteiger partial charge is 0.324 e. The fourth-order valence-electron chi connectivity index (χ4n) is 2.74. The number of amides is 2. The molecule has 2 aromatic rings. The van der Waals surface area contributed by atoms with Crippen LogP contribution in [0.25, 0.3) is 0 Å². The van der Waals surface area contributed by atoms with Crippen molar-refractivity contribution in [3.63, 3.8) is 0 Å². The quantitative estimate of drug-likeness (QED) is 0.906. The van der Waals surface area contributed by atoms with Crippen LogP contribution < -0.4 is 10.6 Å². The molecule has 126 valence electrons. The van der Waals surface area contributed by atoms with Crippen LogP contribution in [0.3, 0.4) is 0 Å². The predicted octanol–water partition coefficient (Wildman–Crippen LogP) is 3.12. The van der Waals surface area contributed by atoms with Gasteiger partial charge in [-0.3, -0.25) is 10.2 Å². The molecule has 2 N–H and O–H groups in total. The van der Waals surface area contributed by atoms with E-state index in [2.05, 4.69) is 39.6 Å². The van der Waals surface area contributed by atoms with Crippen molar-refractivity contribution >= 4 is 17.5 Å². The SMILES string of the molecule is C[C@H](c1ccc(NC(=O)Nc2ccccn2)cc1)N1CCOCC1. The van der Waals surface area contributed by atoms with Gasteiger partial charge in [-0.25, -0.2) is 9.78 Å². The normalized spacial score (nSPS) is 16.4. The zero-order chi connectivity index (χ0) is 16.8. The molecule has 1 aromatic heterocycles. The molecule has 0 aliphatic carbocycles. The maximum absolute atomic E-state index is 12.0. The summed E-state index contributed by atoms with van der Waals surface area (Å²) in [4.78, 5) is 18.4. The molecule has 1 aliphatic heterocycles. The van der Waals surface area contributed by atoms with Gasteiger partial charge >= 0.3 is 6.03 Å². The molecule has 1 aliphatic rings. The number of nitrogens with zero attached hydrogens (tertiary/aromatic N) is 2. The number of anilines is 2. The molecule has 6 nitrogen and oxygen atoms in total. The van der Waals surface area contributed by atoms with E-state index in [1.807, 2.05) is 18.2 Å². The lowest BCUT2D eigenvalue weighted by Gasteiger charge is -2.32. The monoisotopic (exact) mass is 326 g/mol. The Morgan fingerprint density at radius 2 is 1.88 bits per heavy atom. The fourth-order valence-corrected chi connectivity index (χ4v) is 2.74. The van der Waals surface area contributed by atoms with Gasteiger partial charge in [-0.1, -0.05) is 18.2 Å². The van der Waals surface area contributed by atoms with Gasteiger partial charge in [0.1, 0.15) is 5.82 Å². The third-order valence-electron chi connectivity index (χ3n) is 4.15. The third kappa shape index (κ3) is 4.31. The lowest BCUT2D eigenvalue weighted by molar-refractivity contribution is 0.0198. The molecule has 1 atom stereocenters. The molecule has 1 fully saturated rings. The van der Waals surface area contributed by atoms with Crippen LogP contribution in [0.15, 0.2) is 48.7 Å². The first-order valence-electron chi connectivity index (χ1n) is 8.13. The Labute approximate surface area is 141 Å². The summed E-state index contributed by atoms with van der Waals surface area (Å²) in [6, 6.07) is 13.4. The van der Waals surface area contributed by atoms with Crippen LogP contribution in [0.4, 0.5) is 16.3 Å². The molecule has 3 rings (SSSR count). The van der Waals surface area contributed by atoms with Crippen LogP contribution in [-0.4, -0.2) is 42.2 Å². The standard InChI is InChI=1S/C18H22N4O2/c1-14(22-10-12-24-13-11-22)15-5-7-16(8-6-15)20-18(23)21-17-4-2-3-9-19-17/h2-9,14H,10-13H2,1H3,(H2,19,20,21,23)/t14-/m1/s1. The van der Waals surface area contributed by atoms with Crippen molar-refractivity contribution in [2.24, 2.45) is 0 Å². The zero-order valence-electron chi connectivity index (χ0n) is 13.7. The van der Waals surface area contributed by atoms with Gasteiger partial charge in [-0.2, -0.15) is 0 Å². The summed E-state index contributed by atoms with van der Waals surface area (Å²) in [5.74, 6) is 0.521. The minimum absolute atomic E-state index is 0.303. The Kier molecular flexibility index (Phi) is 5.40. The number of pyridine rings is 1. The van der Waals surface area contributed by atoms with E-state index in [0.717, 1.165) is 32.0 Å². The number of rotatable bonds is 4. The predicted molar refractivity (Wildman–Crippen MR) is 94.1 cm³/mol. The second kappa shape index (κ2) is 7.90. The third-order valence-corrected chi connectivity index (χ3v) is 4.15. The highest BCUT2D eigenvalue weighted by Gasteiger charge is 2.18. The average Bonchev–Trinajstić information content (AvgIpc) is 2.63. The zero-order valence-corrected chi connectivity index (χ0v) is 13.7. The summed E-state index contributed by atoms with van der Waals surface area (Å²) in [5.41, 5.74) is 1.98. The number of benzene rings is 1. The van der Waals surface area contributed by atoms with Gasteiger partial charge in [-0.05, 0) is 36.8 Å². The molecular weight excluding hydrogens is 304 g/mol. The van der Waals surface area contributed by atoms with Crippen LogP contribution in [-0.2, 0) is 4.74 Å². The number of nitrogens with one attached hydrogen (secondary N) is 2. The number of urea groups is 1. The lowest BCUT2D eigenvalue weighted by Crippen LogP contribution is -2.38. The summed E-state index contributed by atoms with van der Waals surface area (Å²) < 4.78 is 5.40. The molecule has 24 heavy (non-hydrogen) atoms. The Balaban J connectivity index is 1.57. The van der Waals surface area contributed by atoms with Crippen LogP contribution in [0.5, 0.6) is 0 Å². The Morgan fingerprint density at radius 1 is 1.12 bits per heavy atom. The summed E-state index contributed by atoms with van der Waals surface area (Å²) >= 11 is 0. The molecule has 2 amide bonds. The lowest BCUT2D eigenvalue weighted by atomic mass is 10.1. The van der Waals surface area contributed by atoms with Crippen molar-refractivity contribution in [3.05, 3.63) is 54.2 Å². The topological polar surface area (TPSA) is 66.5 Å². The number of morpholine rings is 1. The Morgan fingerprint density at radius 3 is 2.54 bits per heavy atom. The Bertz CT molecular complexity index is 654. The fraction of sp³-hybridized carbons (Fsp3) is 0.333. The molecule has 0 bridgehead atoms. The van der Waals surface area contributed by atoms with Gasteiger partial charge in [-0.15, -0.1) is 0 Å². The van der Waals surface area contributed by atoms with Crippen molar-refractivity contribution in [2.75, 3.05) is 36.9 Å². The summed E-state index contributed by atoms with van der Waals surface area (Å²) in [6.07, 6.45) is 1.64. The largest absolute Gasteiger partial charge is 0.379 e. The molecular formula is C18H22N4O2. The summed E-state index contributed by atoms with van der Waals surface area (Å²) in [7, 11) is 0. The van der Waals surface area contributed by atoms with Crippen molar-refractivity contribution < 1.29 is 9.53 Å². The maximum atomic E-state index is 12.0. The summed E-state index contributed by atoms with van der Waals surface area (Å²) in [5, 5.41) is 5.51. The van der Waals surface area contributed by atoms with E-state index in [1.54, 1.807) is 18.3 Å². The van der Waals surface area contributed by atoms with Crippen LogP contribution >= 0.6 is 0 Å². The number of aromatic nitrogens is 1. The van der Waals surface area contributed by atoms with E-state index in [4.69, 9.17) is 4.74 Å². The van der Waals surface area contributed by atoms with Crippen molar-refractivity contribution in [1.82, 2.24) is 9.88 Å². The summed E-state index contributed by atoms with van der Waals surface area (Å²) in [6.45, 7) is 5.68. The van der Waals surface area contributed by atoms with Crippen LogP contribution in [0, 0.1) is 0 Å². The highest BCUT2D eigenvalue weighted by molar-refractivity contribution is 5.99. The van der Waals surface area contributed by atoms with Crippen molar-refractivity contribution in [1.29, 1.82) is 0 Å². The van der Waals surface area contributed by atoms with E-state index in [0.29, 0.717) is 11.9 Å². The van der Waals surface area contributed by atoms with Gasteiger partial charge in [0.05, 0.1) is 13.2 Å². The first-order chi connectivity index (χ1) is 11.7. The Hall–Kier alpha value is -2.44. The number of hydrogen-bond donors (Lipinski definition) is 2. The molecule has 0 unspecified atom stereocenters. The van der Waals surface area contributed by atoms with Gasteiger partial charge in [0.25, 0.3) is 0 Å². The number of carbonyl (C=O) groups excluding carboxylic acids is 1. The first-order valence-corrected chi connectivity index (χ1v) is 8.13. The first kappa shape index (κ1) is 16.4. The minimum atomic E-state index is -0.303. The molecule has 1 aromatic carbocycles. The van der Waals surface area contributed by atoms with Gasteiger partial charge in [0, 0.05) is 31.0 Å². The average molecular weight is 326 g/mol. The molecule has 2 heterocycles. The molecule has 6 heteroatoms. The van der Waals surface area contributed by atoms with E-state index in [1.165, 1.54) is 5.56 Å². The van der Waals surface area contributed by atoms with E-state index in [9.17, 15) is 4.79 Å². The second-order valence-corrected chi connectivity index (χ2v) is 5.74. The molecule has 1 saturated heterocycles. The number of carbonyl (C=O) groups is 1. The minimum Gasteiger partial charge on any atom is -0.379 e. The maximum Gasteiger partial charge on any atom is 0.324 e. The van der Waals surface area contributed by atoms with E-state index < -0.39 is 0 Å². The van der Waals surface area contributed by atoms with Crippen molar-refractivity contribution in [2.45, 2.75) is 13.0 Å². The van der Waals surface area contributed by atoms with E-state index >= 15 is 0 Å². The molecule has 0 radical (unpaired) electrons. The number of ether oxygens (including phenoxy) is 1. The van der Waals surface area contributed by atoms with Gasteiger partial charge < -0.3 is 10.1 Å². The highest BCUT2D eigenvalue weighted by atomic mass is 16.5. The number of hydrogen-bond acceptors (Lipinski definition) is 4. The van der Waals surface area contributed by atoms with Gasteiger partial charge in [0.15, 0.2) is 0 Å². The van der Waals surface area contributed by atoms with Crippen LogP contribution in [0.1, 0.15) is 18.5 Å². The molecule has 0 saturated carbocycles. The van der Waals surface area contributed by atoms with Crippen molar-refractivity contribution in [3.8, 4) is 0 Å². The van der Waals surface area contributed by atoms with Crippen LogP contribution in [0.2, 0.25) is 0 Å². The second-order valence-electron chi connectivity index (χ2n) is 5.74. The van der Waals surface area contributed by atoms with E-state index in [-0.39, 0.29) is 6.03 Å². The van der Waals surface area contributed by atoms with Gasteiger partial charge in [0.2, 0.25) is 0 Å². The highest BCUT2D eigenvalue weighted by Crippen LogP contribution is 2.22.